The fraction of sp³-hybridized carbons (Fsp3) is 0.194. The number of tetrazole rings is 2. The van der Waals surface area contributed by atoms with E-state index in [1.807, 2.05) is 36.4 Å². The highest BCUT2D eigenvalue weighted by Gasteiger charge is 2.23. The molecule has 3 heterocycles. The number of benzene rings is 4. The zero-order chi connectivity index (χ0) is 32.0. The standard InChI is InChI=1S/C36H35N10O.BrH/c1-2-3-12-34-45(21-25-13-17-27(18-14-25)30-8-4-6-10-32(30)35-37-41-42-38-35)23-29(24-47)46(34)22-26-15-19-28(20-16-26)31-9-5-7-11-33(31)36-39-43-44-40-36;/h4-11,13-20,23,47H,2-3,12,21-22,24H2,1H3,(H,37,38,41,42)(H,39,40,43,44);1H/q+1;/p-1. The average molecular weight is 704 g/mol. The number of hydrogen-bond donors (Lipinski definition) is 3. The van der Waals surface area contributed by atoms with Gasteiger partial charge in [0.2, 0.25) is 11.6 Å². The molecule has 0 aliphatic heterocycles. The molecule has 0 fully saturated rings. The van der Waals surface area contributed by atoms with Gasteiger partial charge in [0.05, 0.1) is 0 Å². The van der Waals surface area contributed by atoms with Crippen LogP contribution in [0.3, 0.4) is 0 Å². The quantitative estimate of drug-likeness (QED) is 0.166. The van der Waals surface area contributed by atoms with Gasteiger partial charge in [-0.25, -0.2) is 9.13 Å². The van der Waals surface area contributed by atoms with E-state index in [2.05, 4.69) is 124 Å². The third-order valence-corrected chi connectivity index (χ3v) is 8.46. The molecule has 0 aliphatic carbocycles. The van der Waals surface area contributed by atoms with Gasteiger partial charge >= 0.3 is 0 Å². The molecular weight excluding hydrogens is 668 g/mol. The summed E-state index contributed by atoms with van der Waals surface area (Å²) in [6.45, 7) is 3.55. The van der Waals surface area contributed by atoms with E-state index < -0.39 is 0 Å². The van der Waals surface area contributed by atoms with Crippen molar-refractivity contribution in [3.8, 4) is 45.0 Å². The molecule has 0 radical (unpaired) electrons. The Morgan fingerprint density at radius 2 is 1.21 bits per heavy atom. The number of halogens is 1. The maximum absolute atomic E-state index is 10.4. The Morgan fingerprint density at radius 1 is 0.688 bits per heavy atom. The number of aromatic amines is 2. The second-order valence-electron chi connectivity index (χ2n) is 11.5. The van der Waals surface area contributed by atoms with Crippen LogP contribution in [0.1, 0.15) is 42.4 Å². The molecule has 7 rings (SSSR count). The Morgan fingerprint density at radius 3 is 1.69 bits per heavy atom. The minimum Gasteiger partial charge on any atom is -1.00 e. The van der Waals surface area contributed by atoms with Gasteiger partial charge in [-0.1, -0.05) is 110 Å². The monoisotopic (exact) mass is 702 g/mol. The van der Waals surface area contributed by atoms with Crippen molar-refractivity contribution < 1.29 is 26.7 Å². The van der Waals surface area contributed by atoms with Crippen molar-refractivity contribution >= 4 is 0 Å². The van der Waals surface area contributed by atoms with Crippen molar-refractivity contribution in [2.24, 2.45) is 0 Å². The summed E-state index contributed by atoms with van der Waals surface area (Å²) in [6, 6.07) is 33.3. The Labute approximate surface area is 288 Å². The number of unbranched alkanes of at least 4 members (excludes halogenated alkanes) is 1. The van der Waals surface area contributed by atoms with E-state index in [4.69, 9.17) is 0 Å². The highest BCUT2D eigenvalue weighted by atomic mass is 79.9. The summed E-state index contributed by atoms with van der Waals surface area (Å²) in [6.07, 6.45) is 5.16. The van der Waals surface area contributed by atoms with Crippen molar-refractivity contribution in [1.29, 1.82) is 0 Å². The molecule has 0 saturated heterocycles. The third kappa shape index (κ3) is 6.85. The average Bonchev–Trinajstić information content (AvgIpc) is 3.91. The molecule has 11 nitrogen and oxygen atoms in total. The number of nitrogens with one attached hydrogen (secondary N) is 2. The van der Waals surface area contributed by atoms with E-state index in [0.717, 1.165) is 63.9 Å². The van der Waals surface area contributed by atoms with Crippen molar-refractivity contribution in [1.82, 2.24) is 45.8 Å². The molecular formula is C36H35BrN10O. The molecule has 0 amide bonds. The van der Waals surface area contributed by atoms with E-state index in [1.165, 1.54) is 11.4 Å². The minimum absolute atomic E-state index is 0. The molecule has 3 aromatic heterocycles. The predicted molar refractivity (Wildman–Crippen MR) is 177 cm³/mol. The van der Waals surface area contributed by atoms with Crippen LogP contribution >= 0.6 is 0 Å². The summed E-state index contributed by atoms with van der Waals surface area (Å²) in [5, 5.41) is 39.7. The van der Waals surface area contributed by atoms with E-state index in [1.54, 1.807) is 0 Å². The van der Waals surface area contributed by atoms with Crippen LogP contribution in [0.5, 0.6) is 0 Å². The van der Waals surface area contributed by atoms with Gasteiger partial charge in [0.1, 0.15) is 25.9 Å². The first kappa shape index (κ1) is 32.6. The first-order valence-corrected chi connectivity index (χ1v) is 15.8. The largest absolute Gasteiger partial charge is 1.00 e. The minimum atomic E-state index is -0.0336. The maximum Gasteiger partial charge on any atom is 0.257 e. The van der Waals surface area contributed by atoms with Gasteiger partial charge in [0, 0.05) is 17.5 Å². The van der Waals surface area contributed by atoms with Crippen LogP contribution in [0.4, 0.5) is 0 Å². The smallest absolute Gasteiger partial charge is 0.257 e. The van der Waals surface area contributed by atoms with Gasteiger partial charge in [0.15, 0.2) is 5.69 Å². The van der Waals surface area contributed by atoms with Gasteiger partial charge in [-0.15, -0.1) is 20.4 Å². The van der Waals surface area contributed by atoms with Gasteiger partial charge in [0.25, 0.3) is 5.82 Å². The zero-order valence-corrected chi connectivity index (χ0v) is 28.0. The Hall–Kier alpha value is -5.33. The third-order valence-electron chi connectivity index (χ3n) is 8.46. The SMILES string of the molecule is CCCCc1n(Cc2ccc(-c3ccccc3-c3nn[nH]n3)cc2)c(CO)c[n+]1Cc1ccc(-c2ccccc2-c2nn[nH]n2)cc1.[Br-]. The van der Waals surface area contributed by atoms with Crippen LogP contribution in [0.2, 0.25) is 0 Å². The number of rotatable bonds is 12. The number of aromatic nitrogens is 10. The summed E-state index contributed by atoms with van der Waals surface area (Å²) >= 11 is 0. The van der Waals surface area contributed by atoms with Crippen LogP contribution < -0.4 is 21.5 Å². The Balaban J connectivity index is 0.00000401. The van der Waals surface area contributed by atoms with Crippen LogP contribution in [0.15, 0.2) is 103 Å². The molecule has 0 unspecified atom stereocenters. The molecule has 4 aromatic carbocycles. The summed E-state index contributed by atoms with van der Waals surface area (Å²) < 4.78 is 4.56. The normalized spacial score (nSPS) is 11.0. The maximum atomic E-state index is 10.4. The number of aliphatic hydroxyl groups excluding tert-OH is 1. The second-order valence-corrected chi connectivity index (χ2v) is 11.5. The van der Waals surface area contributed by atoms with E-state index in [0.29, 0.717) is 24.7 Å². The van der Waals surface area contributed by atoms with Crippen LogP contribution in [-0.2, 0) is 26.1 Å². The summed E-state index contributed by atoms with van der Waals surface area (Å²) in [5.74, 6) is 2.34. The molecule has 7 aromatic rings. The molecule has 12 heteroatoms. The topological polar surface area (TPSA) is 138 Å². The lowest BCUT2D eigenvalue weighted by Gasteiger charge is -2.10. The number of hydrogen-bond acceptors (Lipinski definition) is 7. The van der Waals surface area contributed by atoms with Crippen molar-refractivity contribution in [3.05, 3.63) is 126 Å². The first-order valence-electron chi connectivity index (χ1n) is 15.8. The Kier molecular flexibility index (Phi) is 10.2. The van der Waals surface area contributed by atoms with Crippen molar-refractivity contribution in [3.63, 3.8) is 0 Å². The lowest BCUT2D eigenvalue weighted by molar-refractivity contribution is -0.695. The highest BCUT2D eigenvalue weighted by Crippen LogP contribution is 2.31. The number of H-pyrrole nitrogens is 2. The van der Waals surface area contributed by atoms with E-state index >= 15 is 0 Å². The van der Waals surface area contributed by atoms with Gasteiger partial charge in [-0.2, -0.15) is 10.4 Å². The number of aliphatic hydroxyl groups is 1. The fourth-order valence-electron chi connectivity index (χ4n) is 6.08. The van der Waals surface area contributed by atoms with Gasteiger partial charge in [-0.3, -0.25) is 0 Å². The Bertz CT molecular complexity index is 2060. The molecule has 3 N–H and O–H groups in total. The predicted octanol–water partition coefficient (Wildman–Crippen LogP) is 2.41. The molecule has 0 atom stereocenters. The van der Waals surface area contributed by atoms with E-state index in [-0.39, 0.29) is 23.6 Å². The van der Waals surface area contributed by atoms with E-state index in [9.17, 15) is 5.11 Å². The molecule has 48 heavy (non-hydrogen) atoms. The number of imidazole rings is 1. The molecule has 0 aliphatic rings. The lowest BCUT2D eigenvalue weighted by atomic mass is 9.98. The summed E-state index contributed by atoms with van der Waals surface area (Å²) in [5.41, 5.74) is 9.35. The van der Waals surface area contributed by atoms with Crippen molar-refractivity contribution in [2.45, 2.75) is 45.9 Å². The van der Waals surface area contributed by atoms with Gasteiger partial charge in [-0.05, 0) is 50.2 Å². The van der Waals surface area contributed by atoms with Crippen molar-refractivity contribution in [2.75, 3.05) is 0 Å². The van der Waals surface area contributed by atoms with Gasteiger partial charge < -0.3 is 22.1 Å². The molecule has 0 spiro atoms. The molecule has 242 valence electrons. The lowest BCUT2D eigenvalue weighted by Crippen LogP contribution is -3.00. The highest BCUT2D eigenvalue weighted by molar-refractivity contribution is 5.81. The first-order chi connectivity index (χ1) is 23.2. The molecule has 0 bridgehead atoms. The number of nitrogens with zero attached hydrogens (tertiary/aromatic N) is 8. The zero-order valence-electron chi connectivity index (χ0n) is 26.5. The summed E-state index contributed by atoms with van der Waals surface area (Å²) in [7, 11) is 0. The second kappa shape index (κ2) is 15.1. The van der Waals surface area contributed by atoms with Crippen LogP contribution in [0.25, 0.3) is 45.0 Å². The van der Waals surface area contributed by atoms with Crippen LogP contribution in [0, 0.1) is 0 Å². The van der Waals surface area contributed by atoms with Crippen LogP contribution in [-0.4, -0.2) is 50.9 Å². The molecule has 0 saturated carbocycles. The summed E-state index contributed by atoms with van der Waals surface area (Å²) in [4.78, 5) is 0. The fourth-order valence-corrected chi connectivity index (χ4v) is 6.08.